The molecule has 0 unspecified atom stereocenters. The smallest absolute Gasteiger partial charge is 0.239 e. The van der Waals surface area contributed by atoms with Crippen molar-refractivity contribution in [2.75, 3.05) is 13.1 Å². The van der Waals surface area contributed by atoms with E-state index in [2.05, 4.69) is 5.32 Å². The molecule has 6 heteroatoms. The number of amides is 2. The van der Waals surface area contributed by atoms with Crippen LogP contribution in [0.1, 0.15) is 26.3 Å². The summed E-state index contributed by atoms with van der Waals surface area (Å²) in [6.45, 7) is 6.12. The highest BCUT2D eigenvalue weighted by Crippen LogP contribution is 2.21. The van der Waals surface area contributed by atoms with Crippen LogP contribution in [-0.4, -0.2) is 35.8 Å². The molecule has 0 fully saturated rings. The van der Waals surface area contributed by atoms with Gasteiger partial charge in [0.25, 0.3) is 0 Å². The Morgan fingerprint density at radius 2 is 1.95 bits per heavy atom. The Kier molecular flexibility index (Phi) is 6.99. The molecule has 0 saturated carbocycles. The SMILES string of the molecule is CCN(CC(=O)NC(C)C)C(=O)Cc1ccc(Cl)cc1Cl. The van der Waals surface area contributed by atoms with Crippen LogP contribution in [-0.2, 0) is 16.0 Å². The number of benzene rings is 1. The molecule has 0 aliphatic rings. The molecule has 0 aliphatic carbocycles. The third kappa shape index (κ3) is 5.94. The summed E-state index contributed by atoms with van der Waals surface area (Å²) in [7, 11) is 0. The molecule has 0 spiro atoms. The number of carbonyl (C=O) groups is 2. The highest BCUT2D eigenvalue weighted by Gasteiger charge is 2.17. The Hall–Kier alpha value is -1.26. The number of nitrogens with zero attached hydrogens (tertiary/aromatic N) is 1. The molecule has 2 amide bonds. The predicted octanol–water partition coefficient (Wildman–Crippen LogP) is 2.91. The van der Waals surface area contributed by atoms with Gasteiger partial charge in [-0.3, -0.25) is 9.59 Å². The van der Waals surface area contributed by atoms with Gasteiger partial charge in [0.05, 0.1) is 13.0 Å². The molecule has 0 atom stereocenters. The van der Waals surface area contributed by atoms with Crippen molar-refractivity contribution < 1.29 is 9.59 Å². The van der Waals surface area contributed by atoms with Crippen molar-refractivity contribution >= 4 is 35.0 Å². The van der Waals surface area contributed by atoms with Gasteiger partial charge in [-0.2, -0.15) is 0 Å². The van der Waals surface area contributed by atoms with E-state index in [1.165, 1.54) is 4.90 Å². The minimum Gasteiger partial charge on any atom is -0.352 e. The van der Waals surface area contributed by atoms with E-state index >= 15 is 0 Å². The molecule has 0 bridgehead atoms. The van der Waals surface area contributed by atoms with Gasteiger partial charge in [0, 0.05) is 22.6 Å². The molecule has 0 radical (unpaired) electrons. The van der Waals surface area contributed by atoms with E-state index in [1.54, 1.807) is 18.2 Å². The number of likely N-dealkylation sites (N-methyl/N-ethyl adjacent to an activating group) is 1. The Labute approximate surface area is 135 Å². The van der Waals surface area contributed by atoms with Crippen LogP contribution in [0.4, 0.5) is 0 Å². The molecule has 116 valence electrons. The van der Waals surface area contributed by atoms with E-state index in [1.807, 2.05) is 20.8 Å². The Morgan fingerprint density at radius 1 is 1.29 bits per heavy atom. The van der Waals surface area contributed by atoms with Gasteiger partial charge in [0.2, 0.25) is 11.8 Å². The molecule has 1 N–H and O–H groups in total. The van der Waals surface area contributed by atoms with Crippen LogP contribution < -0.4 is 5.32 Å². The summed E-state index contributed by atoms with van der Waals surface area (Å²) in [4.78, 5) is 25.5. The largest absolute Gasteiger partial charge is 0.352 e. The van der Waals surface area contributed by atoms with Gasteiger partial charge in [0.1, 0.15) is 0 Å². The van der Waals surface area contributed by atoms with Crippen LogP contribution in [0.15, 0.2) is 18.2 Å². The molecule has 0 saturated heterocycles. The predicted molar refractivity (Wildman–Crippen MR) is 85.7 cm³/mol. The zero-order chi connectivity index (χ0) is 16.0. The minimum absolute atomic E-state index is 0.0528. The highest BCUT2D eigenvalue weighted by molar-refractivity contribution is 6.35. The van der Waals surface area contributed by atoms with E-state index in [0.717, 1.165) is 0 Å². The van der Waals surface area contributed by atoms with Crippen molar-refractivity contribution in [1.82, 2.24) is 10.2 Å². The van der Waals surface area contributed by atoms with Crippen LogP contribution in [0.25, 0.3) is 0 Å². The van der Waals surface area contributed by atoms with E-state index < -0.39 is 0 Å². The molecule has 4 nitrogen and oxygen atoms in total. The summed E-state index contributed by atoms with van der Waals surface area (Å²) in [5.41, 5.74) is 0.703. The minimum atomic E-state index is -0.164. The van der Waals surface area contributed by atoms with Gasteiger partial charge >= 0.3 is 0 Å². The Balaban J connectivity index is 2.68. The monoisotopic (exact) mass is 330 g/mol. The molecule has 21 heavy (non-hydrogen) atoms. The lowest BCUT2D eigenvalue weighted by Crippen LogP contribution is -2.43. The van der Waals surface area contributed by atoms with Crippen LogP contribution in [0, 0.1) is 0 Å². The number of carbonyl (C=O) groups excluding carboxylic acids is 2. The van der Waals surface area contributed by atoms with Gasteiger partial charge in [0.15, 0.2) is 0 Å². The van der Waals surface area contributed by atoms with Crippen LogP contribution in [0.5, 0.6) is 0 Å². The van der Waals surface area contributed by atoms with E-state index in [9.17, 15) is 9.59 Å². The first-order valence-electron chi connectivity index (χ1n) is 6.84. The van der Waals surface area contributed by atoms with Crippen molar-refractivity contribution in [3.8, 4) is 0 Å². The number of rotatable bonds is 6. The van der Waals surface area contributed by atoms with Gasteiger partial charge in [-0.15, -0.1) is 0 Å². The lowest BCUT2D eigenvalue weighted by atomic mass is 10.1. The standard InChI is InChI=1S/C15H20Cl2N2O2/c1-4-19(9-14(20)18-10(2)3)15(21)7-11-5-6-12(16)8-13(11)17/h5-6,8,10H,4,7,9H2,1-3H3,(H,18,20). The third-order valence-electron chi connectivity index (χ3n) is 2.88. The van der Waals surface area contributed by atoms with Gasteiger partial charge in [-0.25, -0.2) is 0 Å². The Bertz CT molecular complexity index is 518. The van der Waals surface area contributed by atoms with Crippen molar-refractivity contribution in [2.24, 2.45) is 0 Å². The van der Waals surface area contributed by atoms with E-state index in [0.29, 0.717) is 22.2 Å². The average molecular weight is 331 g/mol. The zero-order valence-corrected chi connectivity index (χ0v) is 14.0. The van der Waals surface area contributed by atoms with E-state index in [-0.39, 0.29) is 30.8 Å². The first-order chi connectivity index (χ1) is 9.83. The molecule has 0 aromatic heterocycles. The lowest BCUT2D eigenvalue weighted by Gasteiger charge is -2.21. The fourth-order valence-electron chi connectivity index (χ4n) is 1.86. The van der Waals surface area contributed by atoms with Crippen LogP contribution in [0.2, 0.25) is 10.0 Å². The lowest BCUT2D eigenvalue weighted by molar-refractivity contribution is -0.135. The fourth-order valence-corrected chi connectivity index (χ4v) is 2.33. The fraction of sp³-hybridized carbons (Fsp3) is 0.467. The second-order valence-corrected chi connectivity index (χ2v) is 5.89. The summed E-state index contributed by atoms with van der Waals surface area (Å²) in [5.74, 6) is -0.303. The summed E-state index contributed by atoms with van der Waals surface area (Å²) >= 11 is 11.9. The topological polar surface area (TPSA) is 49.4 Å². The number of halogens is 2. The quantitative estimate of drug-likeness (QED) is 0.871. The van der Waals surface area contributed by atoms with Crippen molar-refractivity contribution in [1.29, 1.82) is 0 Å². The summed E-state index contributed by atoms with van der Waals surface area (Å²) in [5, 5.41) is 3.75. The zero-order valence-electron chi connectivity index (χ0n) is 12.5. The van der Waals surface area contributed by atoms with Crippen molar-refractivity contribution in [3.63, 3.8) is 0 Å². The second-order valence-electron chi connectivity index (χ2n) is 5.04. The van der Waals surface area contributed by atoms with Crippen molar-refractivity contribution in [2.45, 2.75) is 33.2 Å². The first-order valence-corrected chi connectivity index (χ1v) is 7.60. The molecule has 1 aromatic rings. The summed E-state index contributed by atoms with van der Waals surface area (Å²) in [6.07, 6.45) is 0.152. The second kappa shape index (κ2) is 8.25. The van der Waals surface area contributed by atoms with Crippen LogP contribution >= 0.6 is 23.2 Å². The van der Waals surface area contributed by atoms with Crippen LogP contribution in [0.3, 0.4) is 0 Å². The number of hydrogen-bond donors (Lipinski definition) is 1. The third-order valence-corrected chi connectivity index (χ3v) is 3.46. The molecule has 0 heterocycles. The van der Waals surface area contributed by atoms with Gasteiger partial charge < -0.3 is 10.2 Å². The molecular weight excluding hydrogens is 311 g/mol. The van der Waals surface area contributed by atoms with Gasteiger partial charge in [-0.1, -0.05) is 29.3 Å². The first kappa shape index (κ1) is 17.8. The molecule has 0 aliphatic heterocycles. The number of nitrogens with one attached hydrogen (secondary N) is 1. The highest BCUT2D eigenvalue weighted by atomic mass is 35.5. The normalized spacial score (nSPS) is 10.6. The maximum absolute atomic E-state index is 12.3. The average Bonchev–Trinajstić information content (AvgIpc) is 2.38. The van der Waals surface area contributed by atoms with Gasteiger partial charge in [-0.05, 0) is 38.5 Å². The maximum atomic E-state index is 12.3. The molecular formula is C15H20Cl2N2O2. The summed E-state index contributed by atoms with van der Waals surface area (Å²) < 4.78 is 0. The number of hydrogen-bond acceptors (Lipinski definition) is 2. The molecule has 1 aromatic carbocycles. The summed E-state index contributed by atoms with van der Waals surface area (Å²) in [6, 6.07) is 5.08. The molecule has 1 rings (SSSR count). The van der Waals surface area contributed by atoms with E-state index in [4.69, 9.17) is 23.2 Å². The maximum Gasteiger partial charge on any atom is 0.239 e. The Morgan fingerprint density at radius 3 is 2.48 bits per heavy atom. The van der Waals surface area contributed by atoms with Crippen molar-refractivity contribution in [3.05, 3.63) is 33.8 Å².